The summed E-state index contributed by atoms with van der Waals surface area (Å²) < 4.78 is 15.8. The fourth-order valence-electron chi connectivity index (χ4n) is 1.70. The van der Waals surface area contributed by atoms with Crippen molar-refractivity contribution in [3.63, 3.8) is 0 Å². The Labute approximate surface area is 99.0 Å². The lowest BCUT2D eigenvalue weighted by atomic mass is 9.97. The Morgan fingerprint density at radius 2 is 2.00 bits per heavy atom. The van der Waals surface area contributed by atoms with Crippen molar-refractivity contribution >= 4 is 29.2 Å². The van der Waals surface area contributed by atoms with E-state index in [1.54, 1.807) is 13.2 Å². The van der Waals surface area contributed by atoms with Gasteiger partial charge in [0, 0.05) is 17.1 Å². The lowest BCUT2D eigenvalue weighted by Gasteiger charge is -2.32. The van der Waals surface area contributed by atoms with E-state index in [-0.39, 0.29) is 18.4 Å². The second-order valence-electron chi connectivity index (χ2n) is 3.42. The number of rotatable bonds is 3. The quantitative estimate of drug-likeness (QED) is 0.745. The van der Waals surface area contributed by atoms with Gasteiger partial charge in [-0.05, 0) is 32.9 Å². The number of esters is 1. The summed E-state index contributed by atoms with van der Waals surface area (Å²) in [7, 11) is -1.16. The van der Waals surface area contributed by atoms with Crippen LogP contribution in [-0.4, -0.2) is 40.9 Å². The standard InChI is InChI=1S/C9H17NO3S.ClH/c1-3-13-8(11)9(14(2)12)4-6-10-7-5-9;/h10H,3-7H2,1-2H3;1H. The van der Waals surface area contributed by atoms with Crippen molar-refractivity contribution in [2.24, 2.45) is 0 Å². The van der Waals surface area contributed by atoms with Crippen LogP contribution < -0.4 is 5.32 Å². The third kappa shape index (κ3) is 3.16. The van der Waals surface area contributed by atoms with Crippen LogP contribution in [-0.2, 0) is 20.3 Å². The molecule has 0 aromatic rings. The number of hydrogen-bond donors (Lipinski definition) is 1. The molecule has 0 bridgehead atoms. The van der Waals surface area contributed by atoms with Crippen LogP contribution in [0.1, 0.15) is 19.8 Å². The average Bonchev–Trinajstić information content (AvgIpc) is 2.19. The first kappa shape index (κ1) is 14.9. The average molecular weight is 256 g/mol. The number of halogens is 1. The van der Waals surface area contributed by atoms with Crippen LogP contribution in [0.4, 0.5) is 0 Å². The van der Waals surface area contributed by atoms with Crippen molar-refractivity contribution in [3.05, 3.63) is 0 Å². The van der Waals surface area contributed by atoms with Crippen LogP contribution in [0, 0.1) is 0 Å². The van der Waals surface area contributed by atoms with Crippen LogP contribution in [0.2, 0.25) is 0 Å². The maximum atomic E-state index is 11.7. The van der Waals surface area contributed by atoms with Crippen molar-refractivity contribution in [3.8, 4) is 0 Å². The fraction of sp³-hybridized carbons (Fsp3) is 0.889. The van der Waals surface area contributed by atoms with Gasteiger partial charge in [0.15, 0.2) is 0 Å². The molecular formula is C9H18ClNO3S. The number of piperidine rings is 1. The Bertz CT molecular complexity index is 242. The molecule has 0 saturated carbocycles. The van der Waals surface area contributed by atoms with Crippen molar-refractivity contribution in [2.45, 2.75) is 24.5 Å². The highest BCUT2D eigenvalue weighted by atomic mass is 35.5. The molecule has 0 amide bonds. The molecule has 0 aromatic carbocycles. The Morgan fingerprint density at radius 1 is 1.47 bits per heavy atom. The maximum Gasteiger partial charge on any atom is 0.324 e. The number of carbonyl (C=O) groups is 1. The molecule has 1 aliphatic heterocycles. The summed E-state index contributed by atoms with van der Waals surface area (Å²) in [6, 6.07) is 0. The van der Waals surface area contributed by atoms with Crippen LogP contribution >= 0.6 is 12.4 Å². The highest BCUT2D eigenvalue weighted by Crippen LogP contribution is 2.26. The molecule has 1 unspecified atom stereocenters. The van der Waals surface area contributed by atoms with E-state index in [4.69, 9.17) is 4.74 Å². The molecule has 1 N–H and O–H groups in total. The minimum absolute atomic E-state index is 0. The third-order valence-electron chi connectivity index (χ3n) is 2.61. The summed E-state index contributed by atoms with van der Waals surface area (Å²) in [5.74, 6) is -0.303. The monoisotopic (exact) mass is 255 g/mol. The largest absolute Gasteiger partial charge is 0.465 e. The van der Waals surface area contributed by atoms with E-state index in [2.05, 4.69) is 5.32 Å². The van der Waals surface area contributed by atoms with E-state index in [1.807, 2.05) is 0 Å². The molecule has 1 saturated heterocycles. The smallest absolute Gasteiger partial charge is 0.324 e. The molecule has 0 radical (unpaired) electrons. The zero-order valence-corrected chi connectivity index (χ0v) is 10.7. The van der Waals surface area contributed by atoms with E-state index in [0.717, 1.165) is 13.1 Å². The van der Waals surface area contributed by atoms with Crippen molar-refractivity contribution in [1.29, 1.82) is 0 Å². The zero-order valence-electron chi connectivity index (χ0n) is 9.08. The topological polar surface area (TPSA) is 55.4 Å². The summed E-state index contributed by atoms with van der Waals surface area (Å²) in [4.78, 5) is 11.7. The Balaban J connectivity index is 0.00000196. The van der Waals surface area contributed by atoms with Crippen molar-refractivity contribution in [1.82, 2.24) is 5.32 Å². The highest BCUT2D eigenvalue weighted by Gasteiger charge is 2.44. The molecule has 1 heterocycles. The van der Waals surface area contributed by atoms with Gasteiger partial charge in [0.1, 0.15) is 4.75 Å². The second-order valence-corrected chi connectivity index (χ2v) is 5.11. The van der Waals surface area contributed by atoms with Gasteiger partial charge in [-0.1, -0.05) is 0 Å². The molecule has 1 aliphatic rings. The predicted octanol–water partition coefficient (Wildman–Crippen LogP) is 0.472. The third-order valence-corrected chi connectivity index (χ3v) is 4.28. The van der Waals surface area contributed by atoms with E-state index in [0.29, 0.717) is 19.4 Å². The SMILES string of the molecule is CCOC(=O)C1(S(C)=O)CCNCC1.Cl. The van der Waals surface area contributed by atoms with Crippen LogP contribution in [0.5, 0.6) is 0 Å². The highest BCUT2D eigenvalue weighted by molar-refractivity contribution is 7.86. The molecule has 0 spiro atoms. The zero-order chi connectivity index (χ0) is 10.6. The van der Waals surface area contributed by atoms with Gasteiger partial charge < -0.3 is 10.1 Å². The summed E-state index contributed by atoms with van der Waals surface area (Å²) in [6.07, 6.45) is 2.80. The van der Waals surface area contributed by atoms with E-state index < -0.39 is 15.5 Å². The lowest BCUT2D eigenvalue weighted by molar-refractivity contribution is -0.146. The summed E-state index contributed by atoms with van der Waals surface area (Å²) in [5, 5.41) is 3.15. The van der Waals surface area contributed by atoms with Crippen molar-refractivity contribution < 1.29 is 13.7 Å². The first-order valence-corrected chi connectivity index (χ1v) is 6.41. The number of ether oxygens (including phenoxy) is 1. The van der Waals surface area contributed by atoms with Crippen LogP contribution in [0.15, 0.2) is 0 Å². The Kier molecular flexibility index (Phi) is 6.40. The molecule has 6 heteroatoms. The predicted molar refractivity (Wildman–Crippen MR) is 62.8 cm³/mol. The molecular weight excluding hydrogens is 238 g/mol. The summed E-state index contributed by atoms with van der Waals surface area (Å²) in [6.45, 7) is 3.59. The molecule has 0 aliphatic carbocycles. The minimum atomic E-state index is -1.16. The summed E-state index contributed by atoms with van der Waals surface area (Å²) >= 11 is 0. The lowest BCUT2D eigenvalue weighted by Crippen LogP contribution is -2.51. The molecule has 1 atom stereocenters. The Hall–Kier alpha value is -0.130. The normalized spacial score (nSPS) is 21.2. The number of hydrogen-bond acceptors (Lipinski definition) is 4. The second kappa shape index (κ2) is 6.45. The van der Waals surface area contributed by atoms with Crippen LogP contribution in [0.25, 0.3) is 0 Å². The fourth-order valence-corrected chi connectivity index (χ4v) is 2.77. The van der Waals surface area contributed by atoms with Crippen molar-refractivity contribution in [2.75, 3.05) is 26.0 Å². The van der Waals surface area contributed by atoms with Crippen LogP contribution in [0.3, 0.4) is 0 Å². The van der Waals surface area contributed by atoms with Gasteiger partial charge in [0.25, 0.3) is 0 Å². The molecule has 1 rings (SSSR count). The molecule has 4 nitrogen and oxygen atoms in total. The molecule has 15 heavy (non-hydrogen) atoms. The van der Waals surface area contributed by atoms with Gasteiger partial charge in [-0.25, -0.2) is 0 Å². The minimum Gasteiger partial charge on any atom is -0.465 e. The molecule has 1 fully saturated rings. The van der Waals surface area contributed by atoms with Gasteiger partial charge in [-0.15, -0.1) is 12.4 Å². The first-order chi connectivity index (χ1) is 6.63. The van der Waals surface area contributed by atoms with Gasteiger partial charge >= 0.3 is 5.97 Å². The van der Waals surface area contributed by atoms with E-state index in [1.165, 1.54) is 0 Å². The van der Waals surface area contributed by atoms with Gasteiger partial charge in [-0.3, -0.25) is 9.00 Å². The number of nitrogens with one attached hydrogen (secondary N) is 1. The Morgan fingerprint density at radius 3 is 2.40 bits per heavy atom. The number of carbonyl (C=O) groups excluding carboxylic acids is 1. The first-order valence-electron chi connectivity index (χ1n) is 4.85. The van der Waals surface area contributed by atoms with Gasteiger partial charge in [-0.2, -0.15) is 0 Å². The van der Waals surface area contributed by atoms with Gasteiger partial charge in [0.05, 0.1) is 6.61 Å². The summed E-state index contributed by atoms with van der Waals surface area (Å²) in [5.41, 5.74) is 0. The molecule has 0 aromatic heterocycles. The molecule has 90 valence electrons. The van der Waals surface area contributed by atoms with E-state index in [9.17, 15) is 9.00 Å². The van der Waals surface area contributed by atoms with Gasteiger partial charge in [0.2, 0.25) is 0 Å². The maximum absolute atomic E-state index is 11.7. The van der Waals surface area contributed by atoms with E-state index >= 15 is 0 Å².